The van der Waals surface area contributed by atoms with Crippen LogP contribution in [0.4, 0.5) is 11.4 Å². The number of nitrogen functional groups attached to an aromatic ring is 1. The predicted octanol–water partition coefficient (Wildman–Crippen LogP) is 2.97. The van der Waals surface area contributed by atoms with Crippen molar-refractivity contribution < 1.29 is 18.8 Å². The molecule has 2 aliphatic heterocycles. The van der Waals surface area contributed by atoms with Gasteiger partial charge in [0, 0.05) is 23.9 Å². The molecule has 11 nitrogen and oxygen atoms in total. The van der Waals surface area contributed by atoms with Gasteiger partial charge >= 0.3 is 13.1 Å². The van der Waals surface area contributed by atoms with Crippen molar-refractivity contribution in [1.29, 1.82) is 0 Å². The van der Waals surface area contributed by atoms with Crippen molar-refractivity contribution >= 4 is 24.5 Å². The first-order valence-corrected chi connectivity index (χ1v) is 12.4. The molecular formula is C25H32BN5O6. The lowest BCUT2D eigenvalue weighted by molar-refractivity contribution is -0.152. The van der Waals surface area contributed by atoms with E-state index in [9.17, 15) is 19.9 Å². The summed E-state index contributed by atoms with van der Waals surface area (Å²) in [7, 11) is -0.411. The molecule has 0 radical (unpaired) electrons. The first-order valence-electron chi connectivity index (χ1n) is 12.4. The number of carbonyl (C=O) groups is 1. The van der Waals surface area contributed by atoms with E-state index >= 15 is 0 Å². The van der Waals surface area contributed by atoms with Gasteiger partial charge in [-0.05, 0) is 51.5 Å². The summed E-state index contributed by atoms with van der Waals surface area (Å²) in [5.74, 6) is -1.17. The highest BCUT2D eigenvalue weighted by Crippen LogP contribution is 2.41. The van der Waals surface area contributed by atoms with Crippen molar-refractivity contribution in [3.05, 3.63) is 66.8 Å². The van der Waals surface area contributed by atoms with Crippen LogP contribution in [0.2, 0.25) is 6.32 Å². The quantitative estimate of drug-likeness (QED) is 0.135. The maximum Gasteiger partial charge on any atom is 0.457 e. The lowest BCUT2D eigenvalue weighted by Gasteiger charge is -2.32. The number of hydrogen-bond acceptors (Lipinski definition) is 9. The number of nitrogens with two attached hydrogens (primary N) is 1. The molecule has 1 unspecified atom stereocenters. The monoisotopic (exact) mass is 509 g/mol. The molecule has 2 saturated heterocycles. The zero-order valence-electron chi connectivity index (χ0n) is 21.6. The molecule has 2 aliphatic rings. The van der Waals surface area contributed by atoms with Crippen molar-refractivity contribution in [2.24, 2.45) is 11.0 Å². The molecule has 196 valence electrons. The van der Waals surface area contributed by atoms with Crippen LogP contribution in [-0.2, 0) is 25.4 Å². The minimum Gasteiger partial charge on any atom is -0.460 e. The molecule has 37 heavy (non-hydrogen) atoms. The summed E-state index contributed by atoms with van der Waals surface area (Å²) < 4.78 is 17.8. The van der Waals surface area contributed by atoms with Gasteiger partial charge < -0.3 is 24.7 Å². The summed E-state index contributed by atoms with van der Waals surface area (Å²) in [6, 6.07) is 9.15. The number of hydrogen-bond donors (Lipinski definition) is 1. The number of esters is 1. The molecule has 0 spiro atoms. The third-order valence-electron chi connectivity index (χ3n) is 7.87. The lowest BCUT2D eigenvalue weighted by Crippen LogP contribution is -2.47. The molecule has 0 saturated carbocycles. The molecule has 12 heteroatoms. The minimum atomic E-state index is -1.59. The van der Waals surface area contributed by atoms with E-state index in [0.29, 0.717) is 19.2 Å². The van der Waals surface area contributed by atoms with E-state index < -0.39 is 46.6 Å². The van der Waals surface area contributed by atoms with E-state index in [1.54, 1.807) is 4.90 Å². The van der Waals surface area contributed by atoms with Crippen molar-refractivity contribution in [2.75, 3.05) is 23.7 Å². The number of anilines is 2. The Bertz CT molecular complexity index is 1270. The second-order valence-corrected chi connectivity index (χ2v) is 10.8. The second kappa shape index (κ2) is 9.85. The van der Waals surface area contributed by atoms with Gasteiger partial charge in [-0.2, -0.15) is 0 Å². The number of carbonyl (C=O) groups excluding carboxylic acids is 1. The van der Waals surface area contributed by atoms with E-state index in [1.165, 1.54) is 0 Å². The van der Waals surface area contributed by atoms with E-state index in [2.05, 4.69) is 10.0 Å². The lowest BCUT2D eigenvalue weighted by atomic mass is 9.78. The average molecular weight is 509 g/mol. The molecule has 0 amide bonds. The SMILES string of the molecule is CC1(C)OB(CCC[C@H]2CN(c3c(N)c(=O)c3=O)CC2(N=[N+]=[N-])C(=O)OCc2ccccc2)OC1(C)C. The Morgan fingerprint density at radius 3 is 2.43 bits per heavy atom. The van der Waals surface area contributed by atoms with Gasteiger partial charge in [0.05, 0.1) is 11.2 Å². The van der Waals surface area contributed by atoms with E-state index in [0.717, 1.165) is 5.56 Å². The van der Waals surface area contributed by atoms with Gasteiger partial charge in [-0.15, -0.1) is 0 Å². The highest BCUT2D eigenvalue weighted by Gasteiger charge is 2.55. The summed E-state index contributed by atoms with van der Waals surface area (Å²) in [6.07, 6.45) is 1.64. The fourth-order valence-electron chi connectivity index (χ4n) is 5.04. The number of ether oxygens (including phenoxy) is 1. The number of benzene rings is 1. The van der Waals surface area contributed by atoms with Crippen molar-refractivity contribution in [3.8, 4) is 0 Å². The molecule has 4 rings (SSSR count). The molecule has 0 aliphatic carbocycles. The highest BCUT2D eigenvalue weighted by molar-refractivity contribution is 6.45. The molecule has 2 N–H and O–H groups in total. The fraction of sp³-hybridized carbons (Fsp3) is 0.560. The van der Waals surface area contributed by atoms with Crippen molar-refractivity contribution in [3.63, 3.8) is 0 Å². The highest BCUT2D eigenvalue weighted by atomic mass is 16.7. The van der Waals surface area contributed by atoms with Gasteiger partial charge in [-0.3, -0.25) is 14.4 Å². The van der Waals surface area contributed by atoms with E-state index in [1.807, 2.05) is 58.0 Å². The summed E-state index contributed by atoms with van der Waals surface area (Å²) in [4.78, 5) is 42.0. The Morgan fingerprint density at radius 1 is 1.19 bits per heavy atom. The van der Waals surface area contributed by atoms with E-state index in [4.69, 9.17) is 19.8 Å². The van der Waals surface area contributed by atoms with Gasteiger partial charge in [-0.1, -0.05) is 41.9 Å². The van der Waals surface area contributed by atoms with Crippen LogP contribution in [0.25, 0.3) is 10.4 Å². The van der Waals surface area contributed by atoms with Crippen LogP contribution >= 0.6 is 0 Å². The van der Waals surface area contributed by atoms with Crippen LogP contribution in [0.1, 0.15) is 46.1 Å². The third kappa shape index (κ3) is 4.84. The van der Waals surface area contributed by atoms with Crippen LogP contribution in [0, 0.1) is 5.92 Å². The average Bonchev–Trinajstić information content (AvgIpc) is 3.30. The van der Waals surface area contributed by atoms with Crippen LogP contribution in [0.5, 0.6) is 0 Å². The van der Waals surface area contributed by atoms with Crippen LogP contribution in [0.15, 0.2) is 45.0 Å². The van der Waals surface area contributed by atoms with Gasteiger partial charge in [0.25, 0.3) is 10.9 Å². The third-order valence-corrected chi connectivity index (χ3v) is 7.87. The fourth-order valence-corrected chi connectivity index (χ4v) is 5.04. The standard InChI is InChI=1S/C25H32BN5O6/c1-23(2)24(3,4)37-26(36-23)12-8-11-17-13-31(19-18(27)20(32)21(19)33)15-25(17,29-30-28)22(34)35-14-16-9-6-5-7-10-16/h5-7,9-10,17H,8,11-15,27H2,1-4H3/t17-,25?/m0/s1. The topological polar surface area (TPSA) is 157 Å². The Kier molecular flexibility index (Phi) is 7.11. The van der Waals surface area contributed by atoms with Crippen LogP contribution in [-0.4, -0.2) is 42.9 Å². The summed E-state index contributed by atoms with van der Waals surface area (Å²) in [5.41, 5.74) is 12.0. The molecule has 0 bridgehead atoms. The zero-order chi connectivity index (χ0) is 27.0. The Hall–Kier alpha value is -3.34. The van der Waals surface area contributed by atoms with Crippen molar-refractivity contribution in [2.45, 2.75) is 70.2 Å². The Balaban J connectivity index is 1.54. The molecule has 2 fully saturated rings. The first kappa shape index (κ1) is 26.7. The minimum absolute atomic E-state index is 0.00522. The van der Waals surface area contributed by atoms with Gasteiger partial charge in [0.1, 0.15) is 18.0 Å². The van der Waals surface area contributed by atoms with Gasteiger partial charge in [-0.25, -0.2) is 0 Å². The molecule has 0 aromatic heterocycles. The second-order valence-electron chi connectivity index (χ2n) is 10.8. The predicted molar refractivity (Wildman–Crippen MR) is 140 cm³/mol. The maximum atomic E-state index is 13.5. The molecule has 2 aromatic rings. The summed E-state index contributed by atoms with van der Waals surface area (Å²) in [6.45, 7) is 8.02. The molecule has 2 heterocycles. The number of nitrogens with zero attached hydrogens (tertiary/aromatic N) is 4. The van der Waals surface area contributed by atoms with Gasteiger partial charge in [0.15, 0.2) is 5.54 Å². The van der Waals surface area contributed by atoms with Crippen LogP contribution in [0.3, 0.4) is 0 Å². The Labute approximate surface area is 215 Å². The largest absolute Gasteiger partial charge is 0.460 e. The maximum absolute atomic E-state index is 13.5. The normalized spacial score (nSPS) is 24.3. The molecule has 2 aromatic carbocycles. The first-order chi connectivity index (χ1) is 17.4. The van der Waals surface area contributed by atoms with Crippen LogP contribution < -0.4 is 21.5 Å². The summed E-state index contributed by atoms with van der Waals surface area (Å²) >= 11 is 0. The molecule has 2 atom stereocenters. The molecular weight excluding hydrogens is 477 g/mol. The van der Waals surface area contributed by atoms with Gasteiger partial charge in [0.2, 0.25) is 0 Å². The Morgan fingerprint density at radius 2 is 1.84 bits per heavy atom. The summed E-state index contributed by atoms with van der Waals surface area (Å²) in [5, 5.41) is 3.95. The zero-order valence-corrected chi connectivity index (χ0v) is 21.6. The smallest absolute Gasteiger partial charge is 0.457 e. The van der Waals surface area contributed by atoms with E-state index in [-0.39, 0.29) is 31.1 Å². The number of rotatable bonds is 9. The number of azide groups is 1. The van der Waals surface area contributed by atoms with Crippen molar-refractivity contribution in [1.82, 2.24) is 0 Å².